The molecule has 0 aliphatic heterocycles. The molecule has 0 radical (unpaired) electrons. The Kier molecular flexibility index (Phi) is 5.80. The molecule has 0 aliphatic carbocycles. The van der Waals surface area contributed by atoms with Gasteiger partial charge in [-0.25, -0.2) is 0 Å². The van der Waals surface area contributed by atoms with Gasteiger partial charge in [0.25, 0.3) is 0 Å². The van der Waals surface area contributed by atoms with Crippen LogP contribution in [0.2, 0.25) is 18.1 Å². The maximum absolute atomic E-state index is 6.19. The molecule has 3 nitrogen and oxygen atoms in total. The van der Waals surface area contributed by atoms with Crippen LogP contribution in [-0.4, -0.2) is 28.1 Å². The number of methoxy groups -OCH3 is 1. The summed E-state index contributed by atoms with van der Waals surface area (Å²) in [6.45, 7) is 11.9. The Labute approximate surface area is 124 Å². The molecule has 0 amide bonds. The molecule has 1 atom stereocenters. The van der Waals surface area contributed by atoms with Crippen molar-refractivity contribution in [1.82, 2.24) is 0 Å². The van der Waals surface area contributed by atoms with E-state index in [0.717, 1.165) is 12.2 Å². The SMILES string of the molecule is COc1ccc(C[C@H](N)CO[Si](C)(C)C(C)(C)C)cc1. The van der Waals surface area contributed by atoms with Crippen LogP contribution in [0.15, 0.2) is 24.3 Å². The maximum atomic E-state index is 6.19. The smallest absolute Gasteiger partial charge is 0.192 e. The Morgan fingerprint density at radius 1 is 1.15 bits per heavy atom. The van der Waals surface area contributed by atoms with Crippen molar-refractivity contribution in [2.75, 3.05) is 13.7 Å². The van der Waals surface area contributed by atoms with Crippen LogP contribution >= 0.6 is 0 Å². The molecule has 20 heavy (non-hydrogen) atoms. The minimum atomic E-state index is -1.70. The standard InChI is InChI=1S/C16H29NO2Si/c1-16(2,3)20(5,6)19-12-14(17)11-13-7-9-15(18-4)10-8-13/h7-10,14H,11-12,17H2,1-6H3/t14-/m0/s1. The highest BCUT2D eigenvalue weighted by molar-refractivity contribution is 6.74. The van der Waals surface area contributed by atoms with Crippen molar-refractivity contribution < 1.29 is 9.16 Å². The molecule has 0 saturated carbocycles. The number of benzene rings is 1. The van der Waals surface area contributed by atoms with E-state index >= 15 is 0 Å². The Morgan fingerprint density at radius 3 is 2.15 bits per heavy atom. The van der Waals surface area contributed by atoms with Crippen LogP contribution in [0.25, 0.3) is 0 Å². The van der Waals surface area contributed by atoms with Crippen LogP contribution in [0.3, 0.4) is 0 Å². The summed E-state index contributed by atoms with van der Waals surface area (Å²) in [5.41, 5.74) is 7.41. The van der Waals surface area contributed by atoms with E-state index < -0.39 is 8.32 Å². The summed E-state index contributed by atoms with van der Waals surface area (Å²) in [5, 5.41) is 0.229. The van der Waals surface area contributed by atoms with E-state index in [1.54, 1.807) is 7.11 Å². The van der Waals surface area contributed by atoms with Gasteiger partial charge in [-0.2, -0.15) is 0 Å². The van der Waals surface area contributed by atoms with Crippen molar-refractivity contribution in [3.63, 3.8) is 0 Å². The van der Waals surface area contributed by atoms with Gasteiger partial charge in [-0.1, -0.05) is 32.9 Å². The van der Waals surface area contributed by atoms with Crippen molar-refractivity contribution in [1.29, 1.82) is 0 Å². The van der Waals surface area contributed by atoms with Gasteiger partial charge in [-0.3, -0.25) is 0 Å². The van der Waals surface area contributed by atoms with Gasteiger partial charge in [0.2, 0.25) is 0 Å². The molecule has 0 spiro atoms. The van der Waals surface area contributed by atoms with Crippen LogP contribution in [-0.2, 0) is 10.8 Å². The molecule has 1 aromatic rings. The van der Waals surface area contributed by atoms with Crippen LogP contribution in [0.4, 0.5) is 0 Å². The van der Waals surface area contributed by atoms with E-state index in [9.17, 15) is 0 Å². The summed E-state index contributed by atoms with van der Waals surface area (Å²) >= 11 is 0. The molecule has 0 bridgehead atoms. The van der Waals surface area contributed by atoms with Crippen molar-refractivity contribution in [2.45, 2.75) is 51.4 Å². The highest BCUT2D eigenvalue weighted by atomic mass is 28.4. The largest absolute Gasteiger partial charge is 0.497 e. The monoisotopic (exact) mass is 295 g/mol. The molecule has 0 aliphatic rings. The molecular formula is C16H29NO2Si. The van der Waals surface area contributed by atoms with Gasteiger partial charge in [-0.05, 0) is 42.2 Å². The zero-order valence-corrected chi connectivity index (χ0v) is 14.7. The van der Waals surface area contributed by atoms with Gasteiger partial charge in [-0.15, -0.1) is 0 Å². The first-order valence-corrected chi connectivity index (χ1v) is 10.1. The summed E-state index contributed by atoms with van der Waals surface area (Å²) in [6, 6.07) is 8.10. The van der Waals surface area contributed by atoms with E-state index in [1.807, 2.05) is 12.1 Å². The van der Waals surface area contributed by atoms with Crippen LogP contribution in [0, 0.1) is 0 Å². The molecule has 114 valence electrons. The number of rotatable bonds is 6. The van der Waals surface area contributed by atoms with Crippen LogP contribution < -0.4 is 10.5 Å². The lowest BCUT2D eigenvalue weighted by Gasteiger charge is -2.37. The summed E-state index contributed by atoms with van der Waals surface area (Å²) in [5.74, 6) is 0.875. The maximum Gasteiger partial charge on any atom is 0.192 e. The van der Waals surface area contributed by atoms with Gasteiger partial charge in [0, 0.05) is 12.6 Å². The van der Waals surface area contributed by atoms with Gasteiger partial charge in [0.05, 0.1) is 7.11 Å². The second-order valence-electron chi connectivity index (χ2n) is 6.88. The molecular weight excluding hydrogens is 266 g/mol. The Morgan fingerprint density at radius 2 is 1.70 bits per heavy atom. The Bertz CT molecular complexity index is 409. The second-order valence-corrected chi connectivity index (χ2v) is 11.7. The van der Waals surface area contributed by atoms with E-state index in [0.29, 0.717) is 6.61 Å². The predicted octanol–water partition coefficient (Wildman–Crippen LogP) is 3.59. The third-order valence-electron chi connectivity index (χ3n) is 4.12. The zero-order valence-electron chi connectivity index (χ0n) is 13.7. The summed E-state index contributed by atoms with van der Waals surface area (Å²) < 4.78 is 11.3. The average Bonchev–Trinajstić information content (AvgIpc) is 2.36. The third-order valence-corrected chi connectivity index (χ3v) is 8.62. The average molecular weight is 295 g/mol. The van der Waals surface area contributed by atoms with E-state index in [4.69, 9.17) is 14.9 Å². The normalized spacial score (nSPS) is 14.2. The molecule has 1 rings (SSSR count). The number of hydrogen-bond donors (Lipinski definition) is 1. The van der Waals surface area contributed by atoms with Gasteiger partial charge in [0.1, 0.15) is 5.75 Å². The first kappa shape index (κ1) is 17.2. The first-order valence-electron chi connectivity index (χ1n) is 7.18. The van der Waals surface area contributed by atoms with E-state index in [-0.39, 0.29) is 11.1 Å². The van der Waals surface area contributed by atoms with Crippen molar-refractivity contribution >= 4 is 8.32 Å². The third kappa shape index (κ3) is 4.92. The van der Waals surface area contributed by atoms with Crippen molar-refractivity contribution in [2.24, 2.45) is 5.73 Å². The van der Waals surface area contributed by atoms with Crippen molar-refractivity contribution in [3.05, 3.63) is 29.8 Å². The minimum absolute atomic E-state index is 0.0394. The highest BCUT2D eigenvalue weighted by Crippen LogP contribution is 2.36. The van der Waals surface area contributed by atoms with Crippen LogP contribution in [0.5, 0.6) is 5.75 Å². The zero-order chi connectivity index (χ0) is 15.4. The molecule has 0 aromatic heterocycles. The molecule has 1 aromatic carbocycles. The fourth-order valence-electron chi connectivity index (χ4n) is 1.66. The molecule has 0 fully saturated rings. The molecule has 2 N–H and O–H groups in total. The summed E-state index contributed by atoms with van der Waals surface area (Å²) in [7, 11) is -0.0252. The summed E-state index contributed by atoms with van der Waals surface area (Å²) in [4.78, 5) is 0. The minimum Gasteiger partial charge on any atom is -0.497 e. The van der Waals surface area contributed by atoms with Crippen LogP contribution in [0.1, 0.15) is 26.3 Å². The molecule has 0 heterocycles. The van der Waals surface area contributed by atoms with E-state index in [1.165, 1.54) is 5.56 Å². The van der Waals surface area contributed by atoms with E-state index in [2.05, 4.69) is 46.0 Å². The quantitative estimate of drug-likeness (QED) is 0.816. The summed E-state index contributed by atoms with van der Waals surface area (Å²) in [6.07, 6.45) is 0.832. The van der Waals surface area contributed by atoms with Crippen molar-refractivity contribution in [3.8, 4) is 5.75 Å². The lowest BCUT2D eigenvalue weighted by Crippen LogP contribution is -2.44. The first-order chi connectivity index (χ1) is 9.15. The van der Waals surface area contributed by atoms with Gasteiger partial charge in [0.15, 0.2) is 8.32 Å². The van der Waals surface area contributed by atoms with Gasteiger partial charge < -0.3 is 14.9 Å². The second kappa shape index (κ2) is 6.74. The lowest BCUT2D eigenvalue weighted by molar-refractivity contribution is 0.262. The van der Waals surface area contributed by atoms with Gasteiger partial charge >= 0.3 is 0 Å². The Hall–Kier alpha value is -0.843. The molecule has 0 saturated heterocycles. The lowest BCUT2D eigenvalue weighted by atomic mass is 10.1. The Balaban J connectivity index is 2.49. The fraction of sp³-hybridized carbons (Fsp3) is 0.625. The molecule has 0 unspecified atom stereocenters. The predicted molar refractivity (Wildman–Crippen MR) is 87.8 cm³/mol. The molecule has 4 heteroatoms. The fourth-order valence-corrected chi connectivity index (χ4v) is 2.72. The number of hydrogen-bond acceptors (Lipinski definition) is 3. The number of ether oxygens (including phenoxy) is 1. The number of nitrogens with two attached hydrogens (primary N) is 1. The highest BCUT2D eigenvalue weighted by Gasteiger charge is 2.37. The topological polar surface area (TPSA) is 44.5 Å².